The molecule has 0 N–H and O–H groups in total. The minimum atomic E-state index is 0. The quantitative estimate of drug-likeness (QED) is 0.322. The van der Waals surface area contributed by atoms with Crippen LogP contribution in [0.3, 0.4) is 0 Å². The zero-order valence-corrected chi connectivity index (χ0v) is 20.9. The number of amides is 1. The van der Waals surface area contributed by atoms with E-state index in [1.807, 2.05) is 61.5 Å². The second kappa shape index (κ2) is 11.5. The van der Waals surface area contributed by atoms with E-state index in [0.717, 1.165) is 37.7 Å². The van der Waals surface area contributed by atoms with Gasteiger partial charge in [-0.15, -0.1) is 24.2 Å². The molecule has 0 spiro atoms. The molecule has 4 nitrogen and oxygen atoms in total. The summed E-state index contributed by atoms with van der Waals surface area (Å²) in [6, 6.07) is 13.5. The Bertz CT molecular complexity index is 951. The number of anilines is 1. The molecule has 156 valence electrons. The maximum absolute atomic E-state index is 13.0. The summed E-state index contributed by atoms with van der Waals surface area (Å²) in [5.41, 5.74) is 0.916. The predicted molar refractivity (Wildman–Crippen MR) is 132 cm³/mol. The Hall–Kier alpha value is -0.830. The molecule has 0 aliphatic carbocycles. The Balaban J connectivity index is 0.00000300. The average Bonchev–Trinajstić information content (AvgIpc) is 3.07. The lowest BCUT2D eigenvalue weighted by atomic mass is 10.3. The number of thioether (sulfide) groups is 1. The van der Waals surface area contributed by atoms with Crippen molar-refractivity contribution in [2.24, 2.45) is 0 Å². The highest BCUT2D eigenvalue weighted by atomic mass is 79.9. The van der Waals surface area contributed by atoms with Crippen molar-refractivity contribution in [2.45, 2.75) is 11.3 Å². The van der Waals surface area contributed by atoms with Crippen LogP contribution in [0.1, 0.15) is 6.42 Å². The van der Waals surface area contributed by atoms with Crippen LogP contribution in [0.15, 0.2) is 51.8 Å². The number of hydrogen-bond donors (Lipinski definition) is 0. The summed E-state index contributed by atoms with van der Waals surface area (Å²) in [6.45, 7) is 1.57. The number of halogens is 3. The highest BCUT2D eigenvalue weighted by Gasteiger charge is 2.20. The third-order valence-electron chi connectivity index (χ3n) is 4.03. The molecule has 9 heteroatoms. The maximum Gasteiger partial charge on any atom is 0.239 e. The molecule has 0 atom stereocenters. The number of thiazole rings is 1. The molecular weight excluding hydrogens is 513 g/mol. The Labute approximate surface area is 199 Å². The van der Waals surface area contributed by atoms with Crippen molar-refractivity contribution in [3.8, 4) is 0 Å². The molecule has 0 radical (unpaired) electrons. The van der Waals surface area contributed by atoms with Gasteiger partial charge in [-0.2, -0.15) is 0 Å². The van der Waals surface area contributed by atoms with Crippen LogP contribution < -0.4 is 4.90 Å². The van der Waals surface area contributed by atoms with E-state index in [1.165, 1.54) is 11.8 Å². The van der Waals surface area contributed by atoms with Crippen LogP contribution in [0.5, 0.6) is 0 Å². The summed E-state index contributed by atoms with van der Waals surface area (Å²) in [5, 5.41) is 1.45. The van der Waals surface area contributed by atoms with E-state index in [-0.39, 0.29) is 18.3 Å². The fourth-order valence-electron chi connectivity index (χ4n) is 2.63. The van der Waals surface area contributed by atoms with Gasteiger partial charge in [0.2, 0.25) is 5.91 Å². The lowest BCUT2D eigenvalue weighted by Crippen LogP contribution is -2.34. The normalized spacial score (nSPS) is 10.9. The fourth-order valence-corrected chi connectivity index (χ4v) is 5.09. The summed E-state index contributed by atoms with van der Waals surface area (Å²) < 4.78 is 2.08. The van der Waals surface area contributed by atoms with Crippen LogP contribution >= 0.6 is 63.0 Å². The van der Waals surface area contributed by atoms with Gasteiger partial charge in [-0.25, -0.2) is 4.98 Å². The van der Waals surface area contributed by atoms with Crippen molar-refractivity contribution < 1.29 is 4.79 Å². The van der Waals surface area contributed by atoms with Crippen molar-refractivity contribution in [1.82, 2.24) is 9.88 Å². The number of hydrogen-bond acceptors (Lipinski definition) is 5. The first kappa shape index (κ1) is 24.4. The molecular formula is C20H22BrCl2N3OS2. The molecule has 3 aromatic rings. The number of fused-ring (bicyclic) bond motifs is 1. The minimum Gasteiger partial charge on any atom is -0.309 e. The van der Waals surface area contributed by atoms with Crippen molar-refractivity contribution >= 4 is 84.3 Å². The van der Waals surface area contributed by atoms with Crippen LogP contribution in [-0.4, -0.2) is 48.7 Å². The van der Waals surface area contributed by atoms with E-state index < -0.39 is 0 Å². The van der Waals surface area contributed by atoms with Crippen molar-refractivity contribution in [2.75, 3.05) is 37.8 Å². The van der Waals surface area contributed by atoms with Gasteiger partial charge in [-0.3, -0.25) is 9.69 Å². The van der Waals surface area contributed by atoms with Crippen LogP contribution in [0, 0.1) is 0 Å². The van der Waals surface area contributed by atoms with Crippen molar-refractivity contribution in [3.63, 3.8) is 0 Å². The number of rotatable bonds is 8. The van der Waals surface area contributed by atoms with E-state index in [4.69, 9.17) is 16.6 Å². The highest BCUT2D eigenvalue weighted by Crippen LogP contribution is 2.32. The average molecular weight is 535 g/mol. The first-order chi connectivity index (χ1) is 13.4. The van der Waals surface area contributed by atoms with Crippen molar-refractivity contribution in [1.29, 1.82) is 0 Å². The van der Waals surface area contributed by atoms with Gasteiger partial charge >= 0.3 is 0 Å². The van der Waals surface area contributed by atoms with Crippen molar-refractivity contribution in [3.05, 3.63) is 52.0 Å². The van der Waals surface area contributed by atoms with E-state index in [1.54, 1.807) is 11.3 Å². The van der Waals surface area contributed by atoms with Gasteiger partial charge in [0, 0.05) is 20.9 Å². The third kappa shape index (κ3) is 7.12. The van der Waals surface area contributed by atoms with Gasteiger partial charge in [0.1, 0.15) is 0 Å². The molecule has 1 aromatic heterocycles. The first-order valence-electron chi connectivity index (χ1n) is 8.82. The number of nitrogens with zero attached hydrogens (tertiary/aromatic N) is 3. The molecule has 29 heavy (non-hydrogen) atoms. The van der Waals surface area contributed by atoms with E-state index >= 15 is 0 Å². The summed E-state index contributed by atoms with van der Waals surface area (Å²) in [4.78, 5) is 22.7. The summed E-state index contributed by atoms with van der Waals surface area (Å²) in [6.07, 6.45) is 0.893. The summed E-state index contributed by atoms with van der Waals surface area (Å²) >= 11 is 12.5. The molecule has 0 bridgehead atoms. The number of aromatic nitrogens is 1. The van der Waals surface area contributed by atoms with E-state index in [0.29, 0.717) is 17.3 Å². The fraction of sp³-hybridized carbons (Fsp3) is 0.300. The number of carbonyl (C=O) groups is 1. The number of benzene rings is 2. The minimum absolute atomic E-state index is 0. The highest BCUT2D eigenvalue weighted by molar-refractivity contribution is 9.10. The van der Waals surface area contributed by atoms with Gasteiger partial charge in [0.25, 0.3) is 0 Å². The first-order valence-corrected chi connectivity index (χ1v) is 11.8. The molecule has 0 saturated carbocycles. The Morgan fingerprint density at radius 3 is 2.59 bits per heavy atom. The van der Waals surface area contributed by atoms with E-state index in [2.05, 4.69) is 20.8 Å². The molecule has 0 unspecified atom stereocenters. The molecule has 0 saturated heterocycles. The summed E-state index contributed by atoms with van der Waals surface area (Å²) in [7, 11) is 4.08. The van der Waals surface area contributed by atoms with Crippen LogP contribution in [0.4, 0.5) is 5.13 Å². The largest absolute Gasteiger partial charge is 0.309 e. The molecule has 0 aliphatic heterocycles. The van der Waals surface area contributed by atoms with Gasteiger partial charge in [0.15, 0.2) is 5.13 Å². The summed E-state index contributed by atoms with van der Waals surface area (Å²) in [5.74, 6) is 0.431. The molecule has 1 heterocycles. The van der Waals surface area contributed by atoms with Gasteiger partial charge in [0.05, 0.1) is 16.0 Å². The van der Waals surface area contributed by atoms with Gasteiger partial charge in [-0.05, 0) is 69.5 Å². The lowest BCUT2D eigenvalue weighted by molar-refractivity contribution is -0.116. The van der Waals surface area contributed by atoms with Crippen LogP contribution in [0.25, 0.3) is 10.2 Å². The Morgan fingerprint density at radius 2 is 1.90 bits per heavy atom. The Kier molecular flexibility index (Phi) is 9.72. The third-order valence-corrected chi connectivity index (χ3v) is 6.82. The molecule has 1 amide bonds. The second-order valence-corrected chi connectivity index (χ2v) is 9.96. The smallest absolute Gasteiger partial charge is 0.239 e. The molecule has 0 aliphatic rings. The van der Waals surface area contributed by atoms with Crippen LogP contribution in [-0.2, 0) is 4.79 Å². The molecule has 3 rings (SSSR count). The maximum atomic E-state index is 13.0. The molecule has 2 aromatic carbocycles. The lowest BCUT2D eigenvalue weighted by Gasteiger charge is -2.21. The molecule has 0 fully saturated rings. The van der Waals surface area contributed by atoms with E-state index in [9.17, 15) is 4.79 Å². The standard InChI is InChI=1S/C20H21BrClN3OS2.ClH/c1-24(2)10-3-11-25(19(26)13-27-16-7-5-15(22)6-8-16)20-23-17-9-4-14(21)12-18(17)28-20;/h4-9,12H,3,10-11,13H2,1-2H3;1H. The number of carbonyl (C=O) groups excluding carboxylic acids is 1. The SMILES string of the molecule is CN(C)CCCN(C(=O)CSc1ccc(Cl)cc1)c1nc2ccc(Br)cc2s1.Cl. The predicted octanol–water partition coefficient (Wildman–Crippen LogP) is 6.21. The van der Waals surface area contributed by atoms with Gasteiger partial charge < -0.3 is 4.90 Å². The monoisotopic (exact) mass is 533 g/mol. The van der Waals surface area contributed by atoms with Gasteiger partial charge in [-0.1, -0.05) is 38.9 Å². The van der Waals surface area contributed by atoms with Crippen LogP contribution in [0.2, 0.25) is 5.02 Å². The zero-order chi connectivity index (χ0) is 20.1. The second-order valence-electron chi connectivity index (χ2n) is 6.55. The zero-order valence-electron chi connectivity index (χ0n) is 16.1. The Morgan fingerprint density at radius 1 is 1.17 bits per heavy atom. The topological polar surface area (TPSA) is 36.4 Å².